The molecule has 0 aromatic carbocycles. The summed E-state index contributed by atoms with van der Waals surface area (Å²) >= 11 is 7.36. The lowest BCUT2D eigenvalue weighted by atomic mass is 10.3. The lowest BCUT2D eigenvalue weighted by molar-refractivity contribution is 0.489. The van der Waals surface area contributed by atoms with Crippen LogP contribution in [-0.4, -0.2) is 24.1 Å². The van der Waals surface area contributed by atoms with Gasteiger partial charge in [0.25, 0.3) is 0 Å². The maximum atomic E-state index is 11.6. The van der Waals surface area contributed by atoms with Crippen LogP contribution in [0.1, 0.15) is 13.3 Å². The van der Waals surface area contributed by atoms with E-state index >= 15 is 0 Å². The quantitative estimate of drug-likeness (QED) is 0.452. The van der Waals surface area contributed by atoms with Crippen molar-refractivity contribution in [3.63, 3.8) is 0 Å². The van der Waals surface area contributed by atoms with Crippen LogP contribution in [-0.2, 0) is 0 Å². The second kappa shape index (κ2) is 7.67. The van der Waals surface area contributed by atoms with E-state index in [4.69, 9.17) is 11.6 Å². The van der Waals surface area contributed by atoms with Gasteiger partial charge in [0, 0.05) is 5.88 Å². The number of alkyl halides is 2. The van der Waals surface area contributed by atoms with Gasteiger partial charge in [-0.15, -0.1) is 11.6 Å². The van der Waals surface area contributed by atoms with Crippen molar-refractivity contribution in [2.45, 2.75) is 13.3 Å². The van der Waals surface area contributed by atoms with Crippen molar-refractivity contribution >= 4 is 23.4 Å². The predicted octanol–water partition coefficient (Wildman–Crippen LogP) is 2.95. The second-order valence-electron chi connectivity index (χ2n) is 2.38. The molecule has 0 aromatic heterocycles. The zero-order chi connectivity index (χ0) is 7.82. The Kier molecular flexibility index (Phi) is 8.11. The zero-order valence-electron chi connectivity index (χ0n) is 6.28. The third kappa shape index (κ3) is 6.69. The number of hydrogen-bond donors (Lipinski definition) is 0. The summed E-state index contributed by atoms with van der Waals surface area (Å²) in [4.78, 5) is 0. The average Bonchev–Trinajstić information content (AvgIpc) is 1.98. The molecule has 0 saturated heterocycles. The predicted molar refractivity (Wildman–Crippen MR) is 47.8 cm³/mol. The van der Waals surface area contributed by atoms with Gasteiger partial charge in [0.15, 0.2) is 0 Å². The second-order valence-corrected chi connectivity index (χ2v) is 3.84. The molecule has 0 radical (unpaired) electrons. The first-order chi connectivity index (χ1) is 4.81. The van der Waals surface area contributed by atoms with Gasteiger partial charge in [0.05, 0.1) is 6.67 Å². The van der Waals surface area contributed by atoms with Crippen molar-refractivity contribution < 1.29 is 4.39 Å². The van der Waals surface area contributed by atoms with E-state index in [1.54, 1.807) is 11.8 Å². The van der Waals surface area contributed by atoms with E-state index in [9.17, 15) is 4.39 Å². The number of hydrogen-bond acceptors (Lipinski definition) is 1. The molecule has 0 amide bonds. The number of rotatable bonds is 6. The van der Waals surface area contributed by atoms with E-state index in [0.717, 1.165) is 11.5 Å². The molecular weight excluding hydrogens is 171 g/mol. The van der Waals surface area contributed by atoms with Gasteiger partial charge >= 0.3 is 0 Å². The Balaban J connectivity index is 2.89. The largest absolute Gasteiger partial charge is 0.251 e. The van der Waals surface area contributed by atoms with Gasteiger partial charge in [-0.3, -0.25) is 4.39 Å². The first-order valence-electron chi connectivity index (χ1n) is 3.51. The molecule has 0 aliphatic carbocycles. The molecule has 0 aliphatic heterocycles. The Bertz CT molecular complexity index is 70.6. The third-order valence-electron chi connectivity index (χ3n) is 1.09. The van der Waals surface area contributed by atoms with Crippen LogP contribution in [0.25, 0.3) is 0 Å². The summed E-state index contributed by atoms with van der Waals surface area (Å²) in [5, 5.41) is 0. The van der Waals surface area contributed by atoms with Crippen LogP contribution in [0, 0.1) is 5.92 Å². The first kappa shape index (κ1) is 10.6. The highest BCUT2D eigenvalue weighted by Crippen LogP contribution is 2.10. The van der Waals surface area contributed by atoms with E-state index in [1.165, 1.54) is 0 Å². The molecule has 0 bridgehead atoms. The van der Waals surface area contributed by atoms with Crippen LogP contribution >= 0.6 is 23.4 Å². The molecule has 0 heterocycles. The molecule has 1 atom stereocenters. The molecule has 0 spiro atoms. The van der Waals surface area contributed by atoms with Crippen LogP contribution in [0.5, 0.6) is 0 Å². The summed E-state index contributed by atoms with van der Waals surface area (Å²) in [6, 6.07) is 0. The fourth-order valence-electron chi connectivity index (χ4n) is 0.486. The van der Waals surface area contributed by atoms with E-state index in [2.05, 4.69) is 6.92 Å². The lowest BCUT2D eigenvalue weighted by Crippen LogP contribution is -2.00. The zero-order valence-corrected chi connectivity index (χ0v) is 7.85. The minimum absolute atomic E-state index is 0.192. The SMILES string of the molecule is CC(CCl)CSCCCF. The van der Waals surface area contributed by atoms with E-state index in [1.807, 2.05) is 0 Å². The topological polar surface area (TPSA) is 0 Å². The van der Waals surface area contributed by atoms with Crippen LogP contribution in [0.3, 0.4) is 0 Å². The highest BCUT2D eigenvalue weighted by atomic mass is 35.5. The Morgan fingerprint density at radius 2 is 2.30 bits per heavy atom. The summed E-state index contributed by atoms with van der Waals surface area (Å²) in [6.07, 6.45) is 0.680. The summed E-state index contributed by atoms with van der Waals surface area (Å²) in [5.74, 6) is 3.26. The van der Waals surface area contributed by atoms with Gasteiger partial charge in [-0.25, -0.2) is 0 Å². The maximum Gasteiger partial charge on any atom is 0.0902 e. The smallest absolute Gasteiger partial charge is 0.0902 e. The fraction of sp³-hybridized carbons (Fsp3) is 1.00. The van der Waals surface area contributed by atoms with Crippen molar-refractivity contribution in [2.24, 2.45) is 5.92 Å². The van der Waals surface area contributed by atoms with Gasteiger partial charge < -0.3 is 0 Å². The highest BCUT2D eigenvalue weighted by molar-refractivity contribution is 7.99. The Hall–Kier alpha value is 0.570. The van der Waals surface area contributed by atoms with Gasteiger partial charge in [0.1, 0.15) is 0 Å². The molecule has 0 N–H and O–H groups in total. The van der Waals surface area contributed by atoms with Crippen LogP contribution in [0.4, 0.5) is 4.39 Å². The fourth-order valence-corrected chi connectivity index (χ4v) is 1.72. The van der Waals surface area contributed by atoms with Crippen molar-refractivity contribution in [3.8, 4) is 0 Å². The van der Waals surface area contributed by atoms with E-state index in [0.29, 0.717) is 18.2 Å². The third-order valence-corrected chi connectivity index (χ3v) is 3.00. The summed E-state index contributed by atoms with van der Waals surface area (Å²) in [7, 11) is 0. The molecule has 0 rings (SSSR count). The van der Waals surface area contributed by atoms with Gasteiger partial charge in [-0.2, -0.15) is 11.8 Å². The van der Waals surface area contributed by atoms with Crippen LogP contribution in [0.15, 0.2) is 0 Å². The highest BCUT2D eigenvalue weighted by Gasteiger charge is 1.98. The van der Waals surface area contributed by atoms with Crippen molar-refractivity contribution in [1.82, 2.24) is 0 Å². The van der Waals surface area contributed by atoms with E-state index in [-0.39, 0.29) is 6.67 Å². The Morgan fingerprint density at radius 3 is 2.80 bits per heavy atom. The molecule has 3 heteroatoms. The summed E-state index contributed by atoms with van der Waals surface area (Å²) in [5.41, 5.74) is 0. The summed E-state index contributed by atoms with van der Waals surface area (Å²) in [6.45, 7) is 1.91. The van der Waals surface area contributed by atoms with Crippen LogP contribution in [0.2, 0.25) is 0 Å². The van der Waals surface area contributed by atoms with Gasteiger partial charge in [-0.1, -0.05) is 6.92 Å². The molecule has 0 aromatic rings. The maximum absolute atomic E-state index is 11.6. The molecule has 1 unspecified atom stereocenters. The molecular formula is C7H14ClFS. The van der Waals surface area contributed by atoms with Crippen LogP contribution < -0.4 is 0 Å². The molecule has 10 heavy (non-hydrogen) atoms. The van der Waals surface area contributed by atoms with Crippen molar-refractivity contribution in [2.75, 3.05) is 24.1 Å². The first-order valence-corrected chi connectivity index (χ1v) is 5.19. The normalized spacial score (nSPS) is 13.5. The van der Waals surface area contributed by atoms with E-state index < -0.39 is 0 Å². The summed E-state index contributed by atoms with van der Waals surface area (Å²) < 4.78 is 11.6. The minimum atomic E-state index is -0.192. The molecule has 0 fully saturated rings. The molecule has 0 aliphatic rings. The van der Waals surface area contributed by atoms with Gasteiger partial charge in [0.2, 0.25) is 0 Å². The molecule has 0 nitrogen and oxygen atoms in total. The molecule has 0 saturated carbocycles. The Morgan fingerprint density at radius 1 is 1.60 bits per heavy atom. The monoisotopic (exact) mass is 184 g/mol. The Labute approximate surface area is 71.5 Å². The van der Waals surface area contributed by atoms with Gasteiger partial charge in [-0.05, 0) is 23.8 Å². The standard InChI is InChI=1S/C7H14ClFS/c1-7(5-8)6-10-4-2-3-9/h7H,2-6H2,1H3. The minimum Gasteiger partial charge on any atom is -0.251 e. The number of halogens is 2. The van der Waals surface area contributed by atoms with Crippen molar-refractivity contribution in [3.05, 3.63) is 0 Å². The van der Waals surface area contributed by atoms with Crippen molar-refractivity contribution in [1.29, 1.82) is 0 Å². The lowest BCUT2D eigenvalue weighted by Gasteiger charge is -2.04. The number of thioether (sulfide) groups is 1. The molecule has 62 valence electrons. The average molecular weight is 185 g/mol.